The molecule has 0 bridgehead atoms. The SMILES string of the molecule is Cc1ccc(-n2cc(CN(C)CC3(CO)CC3)c(-c3cccc(C)c3)n2)cc1. The highest BCUT2D eigenvalue weighted by Crippen LogP contribution is 2.45. The van der Waals surface area contributed by atoms with Gasteiger partial charge in [-0.2, -0.15) is 5.10 Å². The zero-order chi connectivity index (χ0) is 19.7. The Morgan fingerprint density at radius 1 is 1.07 bits per heavy atom. The molecule has 0 amide bonds. The first-order valence-electron chi connectivity index (χ1n) is 10.0. The molecule has 146 valence electrons. The lowest BCUT2D eigenvalue weighted by molar-refractivity contribution is 0.161. The Hall–Kier alpha value is -2.43. The van der Waals surface area contributed by atoms with Crippen molar-refractivity contribution in [2.75, 3.05) is 20.2 Å². The first-order valence-corrected chi connectivity index (χ1v) is 10.0. The predicted molar refractivity (Wildman–Crippen MR) is 114 cm³/mol. The monoisotopic (exact) mass is 375 g/mol. The lowest BCUT2D eigenvalue weighted by atomic mass is 10.0. The van der Waals surface area contributed by atoms with Crippen LogP contribution in [0.2, 0.25) is 0 Å². The van der Waals surface area contributed by atoms with Gasteiger partial charge in [-0.3, -0.25) is 0 Å². The number of aliphatic hydroxyl groups excluding tert-OH is 1. The normalized spacial score (nSPS) is 15.2. The Kier molecular flexibility index (Phi) is 5.09. The summed E-state index contributed by atoms with van der Waals surface area (Å²) in [6, 6.07) is 17.0. The molecule has 1 heterocycles. The van der Waals surface area contributed by atoms with Gasteiger partial charge in [-0.1, -0.05) is 41.5 Å². The topological polar surface area (TPSA) is 41.3 Å². The van der Waals surface area contributed by atoms with Crippen molar-refractivity contribution in [1.82, 2.24) is 14.7 Å². The van der Waals surface area contributed by atoms with Crippen molar-refractivity contribution in [3.63, 3.8) is 0 Å². The molecule has 0 aliphatic heterocycles. The van der Waals surface area contributed by atoms with Gasteiger partial charge in [0.25, 0.3) is 0 Å². The fraction of sp³-hybridized carbons (Fsp3) is 0.375. The smallest absolute Gasteiger partial charge is 0.0972 e. The van der Waals surface area contributed by atoms with Gasteiger partial charge in [0.1, 0.15) is 0 Å². The molecular formula is C24H29N3O. The maximum absolute atomic E-state index is 9.67. The molecule has 4 heteroatoms. The van der Waals surface area contributed by atoms with Crippen molar-refractivity contribution in [2.24, 2.45) is 5.41 Å². The Labute approximate surface area is 167 Å². The lowest BCUT2D eigenvalue weighted by Crippen LogP contribution is -2.28. The molecule has 3 aromatic rings. The Morgan fingerprint density at radius 3 is 2.46 bits per heavy atom. The van der Waals surface area contributed by atoms with Crippen molar-refractivity contribution < 1.29 is 5.11 Å². The maximum atomic E-state index is 9.67. The van der Waals surface area contributed by atoms with Gasteiger partial charge in [0.15, 0.2) is 0 Å². The number of aryl methyl sites for hydroxylation is 2. The van der Waals surface area contributed by atoms with E-state index in [1.807, 2.05) is 4.68 Å². The van der Waals surface area contributed by atoms with Crippen LogP contribution in [-0.2, 0) is 6.54 Å². The number of benzene rings is 2. The first-order chi connectivity index (χ1) is 13.5. The summed E-state index contributed by atoms with van der Waals surface area (Å²) < 4.78 is 1.99. The second-order valence-corrected chi connectivity index (χ2v) is 8.48. The molecule has 0 spiro atoms. The number of hydrogen-bond acceptors (Lipinski definition) is 3. The van der Waals surface area contributed by atoms with Crippen LogP contribution in [0, 0.1) is 19.3 Å². The fourth-order valence-corrected chi connectivity index (χ4v) is 3.85. The standard InChI is InChI=1S/C24H29N3O/c1-18-7-9-22(10-8-18)27-15-21(14-26(3)16-24(17-28)11-12-24)23(25-27)20-6-4-5-19(2)13-20/h4-10,13,15,28H,11-12,14,16-17H2,1-3H3. The van der Waals surface area contributed by atoms with Crippen LogP contribution < -0.4 is 0 Å². The fourth-order valence-electron chi connectivity index (χ4n) is 3.85. The van der Waals surface area contributed by atoms with E-state index in [-0.39, 0.29) is 12.0 Å². The highest BCUT2D eigenvalue weighted by atomic mass is 16.3. The van der Waals surface area contributed by atoms with E-state index in [4.69, 9.17) is 5.10 Å². The summed E-state index contributed by atoms with van der Waals surface area (Å²) in [4.78, 5) is 2.32. The number of aromatic nitrogens is 2. The third-order valence-electron chi connectivity index (χ3n) is 5.72. The number of hydrogen-bond donors (Lipinski definition) is 1. The summed E-state index contributed by atoms with van der Waals surface area (Å²) >= 11 is 0. The van der Waals surface area contributed by atoms with Gasteiger partial charge in [0.2, 0.25) is 0 Å². The summed E-state index contributed by atoms with van der Waals surface area (Å²) in [5, 5.41) is 14.6. The van der Waals surface area contributed by atoms with Crippen LogP contribution in [0.4, 0.5) is 0 Å². The van der Waals surface area contributed by atoms with Crippen molar-refractivity contribution in [3.05, 3.63) is 71.4 Å². The Morgan fingerprint density at radius 2 is 1.82 bits per heavy atom. The van der Waals surface area contributed by atoms with Crippen LogP contribution in [0.25, 0.3) is 16.9 Å². The van der Waals surface area contributed by atoms with Gasteiger partial charge >= 0.3 is 0 Å². The molecule has 1 fully saturated rings. The molecule has 4 rings (SSSR count). The van der Waals surface area contributed by atoms with Gasteiger partial charge in [-0.15, -0.1) is 0 Å². The van der Waals surface area contributed by atoms with Gasteiger partial charge in [-0.05, 0) is 51.9 Å². The van der Waals surface area contributed by atoms with E-state index in [0.29, 0.717) is 0 Å². The summed E-state index contributed by atoms with van der Waals surface area (Å²) in [5.74, 6) is 0. The van der Waals surface area contributed by atoms with Crippen molar-refractivity contribution >= 4 is 0 Å². The Bertz CT molecular complexity index is 954. The highest BCUT2D eigenvalue weighted by Gasteiger charge is 2.42. The minimum atomic E-state index is 0.116. The molecule has 0 radical (unpaired) electrons. The quantitative estimate of drug-likeness (QED) is 0.667. The van der Waals surface area contributed by atoms with Gasteiger partial charge < -0.3 is 10.0 Å². The number of aliphatic hydroxyl groups is 1. The van der Waals surface area contributed by atoms with Crippen LogP contribution in [0.5, 0.6) is 0 Å². The molecule has 1 aliphatic rings. The second kappa shape index (κ2) is 7.53. The van der Waals surface area contributed by atoms with Crippen LogP contribution in [0.15, 0.2) is 54.7 Å². The van der Waals surface area contributed by atoms with Crippen LogP contribution in [0.1, 0.15) is 29.5 Å². The summed E-state index contributed by atoms with van der Waals surface area (Å²) in [7, 11) is 2.14. The zero-order valence-corrected chi connectivity index (χ0v) is 17.0. The molecule has 28 heavy (non-hydrogen) atoms. The van der Waals surface area contributed by atoms with Crippen LogP contribution in [0.3, 0.4) is 0 Å². The molecule has 1 aromatic heterocycles. The molecule has 4 nitrogen and oxygen atoms in total. The summed E-state index contributed by atoms with van der Waals surface area (Å²) in [6.45, 7) is 6.23. The van der Waals surface area contributed by atoms with E-state index < -0.39 is 0 Å². The lowest BCUT2D eigenvalue weighted by Gasteiger charge is -2.22. The minimum absolute atomic E-state index is 0.116. The van der Waals surface area contributed by atoms with Crippen LogP contribution in [-0.4, -0.2) is 40.0 Å². The highest BCUT2D eigenvalue weighted by molar-refractivity contribution is 5.64. The van der Waals surface area contributed by atoms with E-state index in [2.05, 4.69) is 80.5 Å². The van der Waals surface area contributed by atoms with E-state index in [1.165, 1.54) is 16.7 Å². The first kappa shape index (κ1) is 18.9. The van der Waals surface area contributed by atoms with Crippen molar-refractivity contribution in [1.29, 1.82) is 0 Å². The summed E-state index contributed by atoms with van der Waals surface area (Å²) in [5.41, 5.74) is 7.06. The zero-order valence-electron chi connectivity index (χ0n) is 17.0. The molecule has 0 saturated heterocycles. The molecule has 0 atom stereocenters. The van der Waals surface area contributed by atoms with Crippen molar-refractivity contribution in [2.45, 2.75) is 33.2 Å². The largest absolute Gasteiger partial charge is 0.396 e. The van der Waals surface area contributed by atoms with Crippen LogP contribution >= 0.6 is 0 Å². The van der Waals surface area contributed by atoms with Crippen molar-refractivity contribution in [3.8, 4) is 16.9 Å². The van der Waals surface area contributed by atoms with Gasteiger partial charge in [0, 0.05) is 42.4 Å². The minimum Gasteiger partial charge on any atom is -0.396 e. The average molecular weight is 376 g/mol. The third-order valence-corrected chi connectivity index (χ3v) is 5.72. The van der Waals surface area contributed by atoms with E-state index >= 15 is 0 Å². The molecular weight excluding hydrogens is 346 g/mol. The Balaban J connectivity index is 1.67. The number of nitrogens with zero attached hydrogens (tertiary/aromatic N) is 3. The average Bonchev–Trinajstić information content (AvgIpc) is 3.32. The molecule has 0 unspecified atom stereocenters. The van der Waals surface area contributed by atoms with Gasteiger partial charge in [0.05, 0.1) is 11.4 Å². The van der Waals surface area contributed by atoms with Gasteiger partial charge in [-0.25, -0.2) is 4.68 Å². The molecule has 2 aromatic carbocycles. The summed E-state index contributed by atoms with van der Waals surface area (Å²) in [6.07, 6.45) is 4.40. The predicted octanol–water partition coefficient (Wildman–Crippen LogP) is 4.36. The maximum Gasteiger partial charge on any atom is 0.0972 e. The van der Waals surface area contributed by atoms with E-state index in [1.54, 1.807) is 0 Å². The number of rotatable bonds is 7. The molecule has 1 saturated carbocycles. The second-order valence-electron chi connectivity index (χ2n) is 8.48. The molecule has 1 N–H and O–H groups in total. The van der Waals surface area contributed by atoms with E-state index in [0.717, 1.165) is 42.9 Å². The van der Waals surface area contributed by atoms with E-state index in [9.17, 15) is 5.11 Å². The molecule has 1 aliphatic carbocycles. The third kappa shape index (κ3) is 4.03.